The topological polar surface area (TPSA) is 131 Å². The number of aliphatic carboxylic acids is 1. The first kappa shape index (κ1) is 22.7. The summed E-state index contributed by atoms with van der Waals surface area (Å²) in [6, 6.07) is 16.9. The highest BCUT2D eigenvalue weighted by atomic mass is 31.2. The van der Waals surface area contributed by atoms with Crippen molar-refractivity contribution in [2.75, 3.05) is 6.16 Å². The number of carbonyl (C=O) groups is 2. The van der Waals surface area contributed by atoms with Crippen molar-refractivity contribution in [1.82, 2.24) is 5.32 Å². The van der Waals surface area contributed by atoms with Crippen LogP contribution in [0.3, 0.4) is 0 Å². The molecule has 0 bridgehead atoms. The van der Waals surface area contributed by atoms with Crippen LogP contribution in [-0.2, 0) is 22.4 Å². The third-order valence-corrected chi connectivity index (χ3v) is 6.63. The Kier molecular flexibility index (Phi) is 8.02. The molecule has 8 heteroatoms. The summed E-state index contributed by atoms with van der Waals surface area (Å²) >= 11 is 0. The molecule has 1 unspecified atom stereocenters. The molecule has 0 aliphatic rings. The van der Waals surface area contributed by atoms with Crippen LogP contribution in [0, 0.1) is 11.3 Å². The molecule has 0 radical (unpaired) electrons. The van der Waals surface area contributed by atoms with Gasteiger partial charge in [0.15, 0.2) is 0 Å². The van der Waals surface area contributed by atoms with E-state index < -0.39 is 31.6 Å². The molecule has 2 rings (SSSR count). The number of nitrogens with one attached hydrogen (secondary N) is 2. The Morgan fingerprint density at radius 2 is 1.45 bits per heavy atom. The zero-order valence-corrected chi connectivity index (χ0v) is 17.0. The maximum absolute atomic E-state index is 12.9. The lowest BCUT2D eigenvalue weighted by Crippen LogP contribution is -2.46. The fourth-order valence-corrected chi connectivity index (χ4v) is 4.11. The van der Waals surface area contributed by atoms with Gasteiger partial charge in [-0.3, -0.25) is 10.2 Å². The van der Waals surface area contributed by atoms with Crippen LogP contribution in [0.4, 0.5) is 0 Å². The molecule has 0 fully saturated rings. The van der Waals surface area contributed by atoms with Crippen LogP contribution in [-0.4, -0.2) is 44.4 Å². The molecular weight excluding hydrogens is 391 g/mol. The summed E-state index contributed by atoms with van der Waals surface area (Å²) in [4.78, 5) is 45.0. The van der Waals surface area contributed by atoms with Crippen LogP contribution >= 0.6 is 7.72 Å². The van der Waals surface area contributed by atoms with Gasteiger partial charge in [-0.05, 0) is 17.5 Å². The average molecular weight is 417 g/mol. The Bertz CT molecular complexity index is 843. The van der Waals surface area contributed by atoms with E-state index in [1.54, 1.807) is 24.3 Å². The van der Waals surface area contributed by atoms with Gasteiger partial charge < -0.3 is 10.4 Å². The van der Waals surface area contributed by atoms with E-state index in [0.717, 1.165) is 11.1 Å². The molecule has 0 saturated heterocycles. The number of carboxylic acids is 1. The molecule has 5 N–H and O–H groups in total. The molecule has 154 valence electrons. The summed E-state index contributed by atoms with van der Waals surface area (Å²) in [5.74, 6) is -2.62. The first-order valence-corrected chi connectivity index (χ1v) is 11.1. The Balaban J connectivity index is 2.19. The largest absolute Gasteiger partial charge is 0.480 e. The highest BCUT2D eigenvalue weighted by Crippen LogP contribution is 2.52. The highest BCUT2D eigenvalue weighted by molar-refractivity contribution is 7.81. The van der Waals surface area contributed by atoms with Gasteiger partial charge in [-0.2, -0.15) is 0 Å². The molecular formula is C21H26N2O5P+. The SMILES string of the molecule is CC(=N)[P+](O)(O)CC(Cc1ccccc1)C(=O)N[C@@H](Cc1ccccc1)C(=O)O. The van der Waals surface area contributed by atoms with E-state index in [1.165, 1.54) is 6.92 Å². The third kappa shape index (κ3) is 7.06. The van der Waals surface area contributed by atoms with Gasteiger partial charge in [-0.25, -0.2) is 14.6 Å². The molecule has 0 heterocycles. The van der Waals surface area contributed by atoms with E-state index in [2.05, 4.69) is 5.32 Å². The maximum Gasteiger partial charge on any atom is 0.326 e. The lowest BCUT2D eigenvalue weighted by molar-refractivity contribution is -0.142. The minimum atomic E-state index is -3.72. The van der Waals surface area contributed by atoms with Gasteiger partial charge in [0.2, 0.25) is 11.4 Å². The average Bonchev–Trinajstić information content (AvgIpc) is 2.68. The van der Waals surface area contributed by atoms with Gasteiger partial charge >= 0.3 is 13.7 Å². The van der Waals surface area contributed by atoms with Gasteiger partial charge in [-0.1, -0.05) is 60.7 Å². The lowest BCUT2D eigenvalue weighted by Gasteiger charge is -2.22. The Morgan fingerprint density at radius 1 is 0.966 bits per heavy atom. The Morgan fingerprint density at radius 3 is 1.90 bits per heavy atom. The van der Waals surface area contributed by atoms with E-state index >= 15 is 0 Å². The fourth-order valence-electron chi connectivity index (χ4n) is 2.92. The highest BCUT2D eigenvalue weighted by Gasteiger charge is 2.43. The van der Waals surface area contributed by atoms with Crippen LogP contribution < -0.4 is 5.32 Å². The van der Waals surface area contributed by atoms with Gasteiger partial charge in [-0.15, -0.1) is 0 Å². The minimum Gasteiger partial charge on any atom is -0.480 e. The van der Waals surface area contributed by atoms with Gasteiger partial charge in [0.25, 0.3) is 0 Å². The second-order valence-electron chi connectivity index (χ2n) is 6.97. The van der Waals surface area contributed by atoms with Gasteiger partial charge in [0.05, 0.1) is 5.92 Å². The quantitative estimate of drug-likeness (QED) is 0.299. The number of hydrogen-bond donors (Lipinski definition) is 5. The number of rotatable bonds is 10. The van der Waals surface area contributed by atoms with Crippen LogP contribution in [0.15, 0.2) is 60.7 Å². The maximum atomic E-state index is 12.9. The predicted molar refractivity (Wildman–Crippen MR) is 113 cm³/mol. The van der Waals surface area contributed by atoms with Gasteiger partial charge in [0.1, 0.15) is 12.2 Å². The van der Waals surface area contributed by atoms with Crippen molar-refractivity contribution in [1.29, 1.82) is 5.41 Å². The third-order valence-electron chi connectivity index (χ3n) is 4.61. The van der Waals surface area contributed by atoms with E-state index in [1.807, 2.05) is 36.4 Å². The summed E-state index contributed by atoms with van der Waals surface area (Å²) in [6.07, 6.45) is 0.0172. The van der Waals surface area contributed by atoms with Crippen molar-refractivity contribution in [3.05, 3.63) is 71.8 Å². The van der Waals surface area contributed by atoms with E-state index in [0.29, 0.717) is 0 Å². The Hall–Kier alpha value is -2.60. The molecule has 1 amide bonds. The molecule has 2 atom stereocenters. The molecule has 29 heavy (non-hydrogen) atoms. The van der Waals surface area contributed by atoms with Crippen molar-refractivity contribution in [2.24, 2.45) is 5.92 Å². The van der Waals surface area contributed by atoms with Crippen molar-refractivity contribution in [3.63, 3.8) is 0 Å². The Labute approximate surface area is 170 Å². The summed E-state index contributed by atoms with van der Waals surface area (Å²) in [5, 5.41) is 19.7. The number of carboxylic acid groups (broad SMARTS) is 1. The summed E-state index contributed by atoms with van der Waals surface area (Å²) in [5.41, 5.74) is 1.30. The van der Waals surface area contributed by atoms with E-state index in [4.69, 9.17) is 5.41 Å². The number of hydrogen-bond acceptors (Lipinski definition) is 5. The van der Waals surface area contributed by atoms with Crippen molar-refractivity contribution in [3.8, 4) is 0 Å². The molecule has 2 aromatic carbocycles. The van der Waals surface area contributed by atoms with Crippen LogP contribution in [0.25, 0.3) is 0 Å². The molecule has 0 spiro atoms. The zero-order chi connectivity index (χ0) is 21.4. The molecule has 7 nitrogen and oxygen atoms in total. The molecule has 0 aliphatic carbocycles. The van der Waals surface area contributed by atoms with Crippen molar-refractivity contribution < 1.29 is 24.5 Å². The smallest absolute Gasteiger partial charge is 0.326 e. The second-order valence-corrected chi connectivity index (χ2v) is 9.47. The predicted octanol–water partition coefficient (Wildman–Crippen LogP) is 2.49. The van der Waals surface area contributed by atoms with Gasteiger partial charge in [0, 0.05) is 13.3 Å². The monoisotopic (exact) mass is 417 g/mol. The lowest BCUT2D eigenvalue weighted by atomic mass is 9.99. The number of carbonyl (C=O) groups excluding carboxylic acids is 1. The molecule has 0 aliphatic heterocycles. The van der Waals surface area contributed by atoms with Crippen LogP contribution in [0.5, 0.6) is 0 Å². The van der Waals surface area contributed by atoms with Crippen molar-refractivity contribution in [2.45, 2.75) is 25.8 Å². The number of benzene rings is 2. The molecule has 0 aromatic heterocycles. The van der Waals surface area contributed by atoms with Crippen molar-refractivity contribution >= 4 is 25.0 Å². The summed E-state index contributed by atoms with van der Waals surface area (Å²) in [7, 11) is -3.72. The van der Waals surface area contributed by atoms with E-state index in [-0.39, 0.29) is 24.5 Å². The second kappa shape index (κ2) is 10.3. The normalized spacial score (nSPS) is 13.3. The zero-order valence-electron chi connectivity index (χ0n) is 16.2. The van der Waals surface area contributed by atoms with Crippen LogP contribution in [0.2, 0.25) is 0 Å². The minimum absolute atomic E-state index is 0.113. The summed E-state index contributed by atoms with van der Waals surface area (Å²) in [6.45, 7) is 1.29. The molecule has 2 aromatic rings. The van der Waals surface area contributed by atoms with Crippen LogP contribution in [0.1, 0.15) is 18.1 Å². The summed E-state index contributed by atoms with van der Waals surface area (Å²) < 4.78 is 0. The molecule has 0 saturated carbocycles. The number of amides is 1. The standard InChI is InChI=1S/C21H25N2O5P/c1-15(22)29(27,28)14-18(12-16-8-4-2-5-9-16)20(24)23-19(21(25)26)13-17-10-6-3-7-11-17/h2-11,18-19,22,27-28H,12-14H2,1H3,(H-,23,24,25,26)/p+1/t18?,19-/m0/s1. The first-order chi connectivity index (χ1) is 13.7. The van der Waals surface area contributed by atoms with E-state index in [9.17, 15) is 24.5 Å². The first-order valence-electron chi connectivity index (χ1n) is 9.19. The fraction of sp³-hybridized carbons (Fsp3) is 0.286.